The minimum Gasteiger partial charge on any atom is -0.493 e. The second-order valence-corrected chi connectivity index (χ2v) is 4.91. The normalized spacial score (nSPS) is 18.2. The lowest BCUT2D eigenvalue weighted by Crippen LogP contribution is -2.30. The predicted octanol–water partition coefficient (Wildman–Crippen LogP) is 0.459. The van der Waals surface area contributed by atoms with Gasteiger partial charge in [-0.25, -0.2) is 0 Å². The average molecular weight is 258 g/mol. The van der Waals surface area contributed by atoms with E-state index in [4.69, 9.17) is 4.74 Å². The van der Waals surface area contributed by atoms with Crippen molar-refractivity contribution < 1.29 is 9.84 Å². The molecular weight excluding hydrogens is 240 g/mol. The van der Waals surface area contributed by atoms with Crippen LogP contribution in [0.2, 0.25) is 0 Å². The molecule has 0 radical (unpaired) electrons. The van der Waals surface area contributed by atoms with Crippen LogP contribution in [0.1, 0.15) is 20.3 Å². The highest BCUT2D eigenvalue weighted by atomic mass is 16.5. The number of allylic oxidation sites excluding steroid dienone is 3. The van der Waals surface area contributed by atoms with Crippen molar-refractivity contribution in [2.24, 2.45) is 0 Å². The Morgan fingerprint density at radius 2 is 2.37 bits per heavy atom. The Balaban J connectivity index is 2.13. The van der Waals surface area contributed by atoms with Crippen LogP contribution < -0.4 is 10.6 Å². The molecule has 100 valence electrons. The zero-order valence-corrected chi connectivity index (χ0v) is 11.3. The Morgan fingerprint density at radius 3 is 3.11 bits per heavy atom. The Morgan fingerprint density at radius 1 is 1.53 bits per heavy atom. The number of aromatic nitrogens is 2. The molecule has 0 bridgehead atoms. The molecule has 1 N–H and O–H groups in total. The SMILES string of the molecule is CCOC1=C2C=c3c(cnn3CC(C)O)=C2CC=C1. The number of hydrogen-bond donors (Lipinski definition) is 1. The van der Waals surface area contributed by atoms with Crippen LogP contribution in [-0.4, -0.2) is 27.6 Å². The van der Waals surface area contributed by atoms with E-state index in [-0.39, 0.29) is 0 Å². The molecule has 1 unspecified atom stereocenters. The maximum Gasteiger partial charge on any atom is 0.126 e. The lowest BCUT2D eigenvalue weighted by atomic mass is 9.99. The largest absolute Gasteiger partial charge is 0.493 e. The number of aliphatic hydroxyl groups excluding tert-OH is 1. The third kappa shape index (κ3) is 2.02. The van der Waals surface area contributed by atoms with Gasteiger partial charge in [0, 0.05) is 10.8 Å². The number of hydrogen-bond acceptors (Lipinski definition) is 3. The number of rotatable bonds is 4. The lowest BCUT2D eigenvalue weighted by Gasteiger charge is -2.14. The van der Waals surface area contributed by atoms with E-state index in [1.54, 1.807) is 6.92 Å². The highest BCUT2D eigenvalue weighted by Gasteiger charge is 2.20. The second-order valence-electron chi connectivity index (χ2n) is 4.91. The Kier molecular flexibility index (Phi) is 3.03. The number of nitrogens with zero attached hydrogens (tertiary/aromatic N) is 2. The smallest absolute Gasteiger partial charge is 0.126 e. The third-order valence-electron chi connectivity index (χ3n) is 3.41. The van der Waals surface area contributed by atoms with Crippen molar-refractivity contribution >= 4 is 11.6 Å². The van der Waals surface area contributed by atoms with Crippen LogP contribution in [0.4, 0.5) is 0 Å². The maximum absolute atomic E-state index is 9.52. The molecule has 0 saturated carbocycles. The highest BCUT2D eigenvalue weighted by Crippen LogP contribution is 2.28. The van der Waals surface area contributed by atoms with E-state index in [9.17, 15) is 5.11 Å². The fourth-order valence-electron chi connectivity index (χ4n) is 2.64. The first-order valence-electron chi connectivity index (χ1n) is 6.69. The minimum atomic E-state index is -0.400. The van der Waals surface area contributed by atoms with Gasteiger partial charge in [0.1, 0.15) is 5.76 Å². The van der Waals surface area contributed by atoms with Gasteiger partial charge >= 0.3 is 0 Å². The maximum atomic E-state index is 9.52. The zero-order chi connectivity index (χ0) is 13.4. The molecule has 3 rings (SSSR count). The first-order valence-corrected chi connectivity index (χ1v) is 6.69. The van der Waals surface area contributed by atoms with Gasteiger partial charge in [0.05, 0.1) is 30.8 Å². The van der Waals surface area contributed by atoms with Crippen LogP contribution in [0.5, 0.6) is 0 Å². The van der Waals surface area contributed by atoms with Crippen LogP contribution in [0.15, 0.2) is 29.7 Å². The van der Waals surface area contributed by atoms with Crippen molar-refractivity contribution in [2.45, 2.75) is 32.9 Å². The van der Waals surface area contributed by atoms with E-state index in [2.05, 4.69) is 17.3 Å². The second kappa shape index (κ2) is 4.70. The summed E-state index contributed by atoms with van der Waals surface area (Å²) < 4.78 is 7.54. The van der Waals surface area contributed by atoms with Gasteiger partial charge in [0.25, 0.3) is 0 Å². The average Bonchev–Trinajstić information content (AvgIpc) is 2.91. The number of aliphatic hydroxyl groups is 1. The fraction of sp³-hybridized carbons (Fsp3) is 0.400. The molecule has 1 heterocycles. The molecule has 2 aliphatic carbocycles. The predicted molar refractivity (Wildman–Crippen MR) is 73.4 cm³/mol. The summed E-state index contributed by atoms with van der Waals surface area (Å²) in [5.74, 6) is 0.934. The van der Waals surface area contributed by atoms with Gasteiger partial charge in [-0.05, 0) is 38.0 Å². The van der Waals surface area contributed by atoms with Gasteiger partial charge in [-0.2, -0.15) is 5.10 Å². The van der Waals surface area contributed by atoms with E-state index < -0.39 is 6.10 Å². The fourth-order valence-corrected chi connectivity index (χ4v) is 2.64. The highest BCUT2D eigenvalue weighted by molar-refractivity contribution is 5.84. The molecular formula is C15H18N2O2. The zero-order valence-electron chi connectivity index (χ0n) is 11.3. The summed E-state index contributed by atoms with van der Waals surface area (Å²) in [5.41, 5.74) is 2.44. The van der Waals surface area contributed by atoms with Crippen molar-refractivity contribution in [1.82, 2.24) is 9.78 Å². The van der Waals surface area contributed by atoms with Gasteiger partial charge in [-0.15, -0.1) is 0 Å². The number of fused-ring (bicyclic) bond motifs is 2. The van der Waals surface area contributed by atoms with E-state index in [0.29, 0.717) is 13.2 Å². The van der Waals surface area contributed by atoms with Gasteiger partial charge < -0.3 is 9.84 Å². The molecule has 1 atom stereocenters. The molecule has 0 spiro atoms. The van der Waals surface area contributed by atoms with Crippen molar-refractivity contribution in [2.75, 3.05) is 6.61 Å². The molecule has 1 aromatic heterocycles. The van der Waals surface area contributed by atoms with Gasteiger partial charge in [-0.3, -0.25) is 4.68 Å². The van der Waals surface area contributed by atoms with Crippen LogP contribution >= 0.6 is 0 Å². The van der Waals surface area contributed by atoms with E-state index in [1.807, 2.05) is 23.9 Å². The van der Waals surface area contributed by atoms with Crippen LogP contribution in [0, 0.1) is 0 Å². The summed E-state index contributed by atoms with van der Waals surface area (Å²) in [7, 11) is 0. The number of ether oxygens (including phenoxy) is 1. The standard InChI is InChI=1S/C15H18N2O2/c1-3-19-15-6-4-5-11-12(15)7-14-13(11)8-16-17(14)9-10(2)18/h4,6-8,10,18H,3,5,9H2,1-2H3. The Hall–Kier alpha value is -1.81. The molecule has 19 heavy (non-hydrogen) atoms. The Labute approximate surface area is 112 Å². The van der Waals surface area contributed by atoms with Crippen molar-refractivity contribution in [3.8, 4) is 0 Å². The van der Waals surface area contributed by atoms with E-state index in [0.717, 1.165) is 28.3 Å². The lowest BCUT2D eigenvalue weighted by molar-refractivity contribution is 0.167. The monoisotopic (exact) mass is 258 g/mol. The van der Waals surface area contributed by atoms with E-state index >= 15 is 0 Å². The molecule has 0 saturated heterocycles. The molecule has 2 aliphatic rings. The van der Waals surface area contributed by atoms with Crippen molar-refractivity contribution in [3.05, 3.63) is 40.2 Å². The topological polar surface area (TPSA) is 47.3 Å². The van der Waals surface area contributed by atoms with Crippen molar-refractivity contribution in [3.63, 3.8) is 0 Å². The van der Waals surface area contributed by atoms with Crippen molar-refractivity contribution in [1.29, 1.82) is 0 Å². The first kappa shape index (κ1) is 12.2. The van der Waals surface area contributed by atoms with Gasteiger partial charge in [0.2, 0.25) is 0 Å². The minimum absolute atomic E-state index is 0.400. The summed E-state index contributed by atoms with van der Waals surface area (Å²) >= 11 is 0. The van der Waals surface area contributed by atoms with Crippen LogP contribution in [0.25, 0.3) is 11.6 Å². The summed E-state index contributed by atoms with van der Waals surface area (Å²) in [6.07, 6.45) is 8.68. The molecule has 4 heteroatoms. The van der Waals surface area contributed by atoms with Gasteiger partial charge in [0.15, 0.2) is 0 Å². The quantitative estimate of drug-likeness (QED) is 0.853. The summed E-state index contributed by atoms with van der Waals surface area (Å²) in [4.78, 5) is 0. The van der Waals surface area contributed by atoms with E-state index in [1.165, 1.54) is 5.57 Å². The molecule has 0 aliphatic heterocycles. The molecule has 0 amide bonds. The molecule has 0 fully saturated rings. The molecule has 1 aromatic rings. The third-order valence-corrected chi connectivity index (χ3v) is 3.41. The van der Waals surface area contributed by atoms with Crippen LogP contribution in [0.3, 0.4) is 0 Å². The van der Waals surface area contributed by atoms with Crippen LogP contribution in [-0.2, 0) is 11.3 Å². The summed E-state index contributed by atoms with van der Waals surface area (Å²) in [6.45, 7) is 4.95. The summed E-state index contributed by atoms with van der Waals surface area (Å²) in [5, 5.41) is 16.1. The summed E-state index contributed by atoms with van der Waals surface area (Å²) in [6, 6.07) is 0. The molecule has 4 nitrogen and oxygen atoms in total. The molecule has 0 aromatic carbocycles. The van der Waals surface area contributed by atoms with Gasteiger partial charge in [-0.1, -0.05) is 6.08 Å². The Bertz CT molecular complexity index is 677. The first-order chi connectivity index (χ1) is 9.20.